The van der Waals surface area contributed by atoms with E-state index in [0.717, 1.165) is 62.2 Å². The number of aromatic nitrogens is 2. The molecule has 0 saturated heterocycles. The van der Waals surface area contributed by atoms with E-state index >= 15 is 0 Å². The van der Waals surface area contributed by atoms with E-state index in [4.69, 9.17) is 21.3 Å². The summed E-state index contributed by atoms with van der Waals surface area (Å²) >= 11 is 5.92. The zero-order chi connectivity index (χ0) is 22.8. The molecule has 0 saturated carbocycles. The fourth-order valence-electron chi connectivity index (χ4n) is 3.60. The minimum atomic E-state index is -0.0631. The second kappa shape index (κ2) is 12.3. The van der Waals surface area contributed by atoms with Gasteiger partial charge in [-0.05, 0) is 69.0 Å². The number of nitrogens with one attached hydrogen (secondary N) is 1. The number of ether oxygens (including phenoxy) is 1. The van der Waals surface area contributed by atoms with E-state index in [1.54, 1.807) is 6.92 Å². The van der Waals surface area contributed by atoms with Crippen molar-refractivity contribution in [2.24, 2.45) is 0 Å². The highest BCUT2D eigenvalue weighted by atomic mass is 35.5. The summed E-state index contributed by atoms with van der Waals surface area (Å²) in [5.41, 5.74) is 2.79. The van der Waals surface area contributed by atoms with Crippen LogP contribution in [0.1, 0.15) is 44.9 Å². The summed E-state index contributed by atoms with van der Waals surface area (Å²) in [7, 11) is 0. The number of amides is 1. The highest BCUT2D eigenvalue weighted by Crippen LogP contribution is 2.19. The van der Waals surface area contributed by atoms with E-state index in [-0.39, 0.29) is 5.91 Å². The summed E-state index contributed by atoms with van der Waals surface area (Å²) < 4.78 is 8.16. The molecule has 0 fully saturated rings. The number of carbonyl (C=O) groups excluding carboxylic acids is 1. The van der Waals surface area contributed by atoms with Gasteiger partial charge in [0.15, 0.2) is 0 Å². The first-order valence-electron chi connectivity index (χ1n) is 11.3. The molecule has 0 bridgehead atoms. The molecular weight excluding hydrogens is 422 g/mol. The van der Waals surface area contributed by atoms with Crippen molar-refractivity contribution >= 4 is 28.5 Å². The molecular formula is C26H32ClN3O2. The summed E-state index contributed by atoms with van der Waals surface area (Å²) in [5.74, 6) is 1.92. The smallest absolute Gasteiger partial charge is 0.246 e. The van der Waals surface area contributed by atoms with Gasteiger partial charge in [-0.1, -0.05) is 36.7 Å². The molecule has 1 N–H and O–H groups in total. The normalized spacial score (nSPS) is 10.9. The van der Waals surface area contributed by atoms with Crippen LogP contribution >= 0.6 is 11.6 Å². The maximum Gasteiger partial charge on any atom is 0.246 e. The molecule has 32 heavy (non-hydrogen) atoms. The third kappa shape index (κ3) is 7.13. The van der Waals surface area contributed by atoms with Crippen LogP contribution in [0.15, 0.2) is 60.7 Å². The molecule has 0 spiro atoms. The number of imidazole rings is 1. The van der Waals surface area contributed by atoms with E-state index < -0.39 is 0 Å². The monoisotopic (exact) mass is 453 g/mol. The first-order valence-corrected chi connectivity index (χ1v) is 11.7. The van der Waals surface area contributed by atoms with Crippen LogP contribution in [0, 0.1) is 0 Å². The van der Waals surface area contributed by atoms with Gasteiger partial charge in [0.2, 0.25) is 5.91 Å². The maximum absolute atomic E-state index is 11.5. The summed E-state index contributed by atoms with van der Waals surface area (Å²) in [6, 6.07) is 15.8. The van der Waals surface area contributed by atoms with Gasteiger partial charge in [-0.2, -0.15) is 0 Å². The van der Waals surface area contributed by atoms with E-state index in [1.165, 1.54) is 5.52 Å². The number of carbonyl (C=O) groups is 1. The van der Waals surface area contributed by atoms with Crippen molar-refractivity contribution in [3.63, 3.8) is 0 Å². The number of hydrogen-bond donors (Lipinski definition) is 1. The Bertz CT molecular complexity index is 1030. The van der Waals surface area contributed by atoms with Crippen LogP contribution in [0.4, 0.5) is 0 Å². The number of aryl methyl sites for hydroxylation is 2. The van der Waals surface area contributed by atoms with Gasteiger partial charge in [-0.15, -0.1) is 0 Å². The van der Waals surface area contributed by atoms with Crippen LogP contribution in [0.25, 0.3) is 11.0 Å². The quantitative estimate of drug-likeness (QED) is 0.257. The third-order valence-electron chi connectivity index (χ3n) is 5.34. The van der Waals surface area contributed by atoms with Crippen molar-refractivity contribution in [3.8, 4) is 5.75 Å². The fourth-order valence-corrected chi connectivity index (χ4v) is 3.72. The Balaban J connectivity index is 1.46. The summed E-state index contributed by atoms with van der Waals surface area (Å²) in [6.45, 7) is 7.68. The highest BCUT2D eigenvalue weighted by Gasteiger charge is 2.10. The van der Waals surface area contributed by atoms with Crippen molar-refractivity contribution in [1.82, 2.24) is 14.9 Å². The van der Waals surface area contributed by atoms with E-state index in [2.05, 4.69) is 34.7 Å². The first-order chi connectivity index (χ1) is 15.5. The van der Waals surface area contributed by atoms with Gasteiger partial charge < -0.3 is 14.6 Å². The number of benzene rings is 2. The lowest BCUT2D eigenvalue weighted by molar-refractivity contribution is -0.117. The topological polar surface area (TPSA) is 56.2 Å². The molecule has 0 aliphatic heterocycles. The Morgan fingerprint density at radius 3 is 2.62 bits per heavy atom. The lowest BCUT2D eigenvalue weighted by Crippen LogP contribution is -2.24. The number of unbranched alkanes of at least 4 members (excludes halogenated alkanes) is 3. The van der Waals surface area contributed by atoms with Gasteiger partial charge in [0.25, 0.3) is 0 Å². The molecule has 3 aromatic rings. The molecule has 3 rings (SSSR count). The Morgan fingerprint density at radius 1 is 1.06 bits per heavy atom. The molecule has 1 aromatic heterocycles. The molecule has 0 aliphatic carbocycles. The predicted molar refractivity (Wildman–Crippen MR) is 131 cm³/mol. The van der Waals surface area contributed by atoms with Crippen molar-refractivity contribution in [2.45, 2.75) is 52.0 Å². The van der Waals surface area contributed by atoms with Crippen molar-refractivity contribution in [1.29, 1.82) is 0 Å². The number of nitrogens with zero attached hydrogens (tertiary/aromatic N) is 2. The van der Waals surface area contributed by atoms with Crippen LogP contribution in [0.2, 0.25) is 5.02 Å². The van der Waals surface area contributed by atoms with Gasteiger partial charge in [-0.3, -0.25) is 4.79 Å². The molecule has 0 radical (unpaired) electrons. The zero-order valence-electron chi connectivity index (χ0n) is 18.8. The highest BCUT2D eigenvalue weighted by molar-refractivity contribution is 6.30. The van der Waals surface area contributed by atoms with Crippen molar-refractivity contribution < 1.29 is 9.53 Å². The average Bonchev–Trinajstić information content (AvgIpc) is 3.14. The second-order valence-electron chi connectivity index (χ2n) is 8.02. The molecule has 170 valence electrons. The standard InChI is InChI=1S/C26H32ClN3O2/c1-20(2)26(31)28-17-7-3-4-12-25-29-23-10-5-6-11-24(23)30(25)18-8-9-19-32-22-15-13-21(27)14-16-22/h5-6,10-11,13-16H,1,3-4,7-9,12,17-19H2,2H3,(H,28,31). The summed E-state index contributed by atoms with van der Waals surface area (Å²) in [4.78, 5) is 16.4. The Hall–Kier alpha value is -2.79. The second-order valence-corrected chi connectivity index (χ2v) is 8.46. The SMILES string of the molecule is C=C(C)C(=O)NCCCCCc1nc2ccccc2n1CCCCOc1ccc(Cl)cc1. The van der Waals surface area contributed by atoms with Crippen molar-refractivity contribution in [3.05, 3.63) is 71.5 Å². The zero-order valence-corrected chi connectivity index (χ0v) is 19.5. The van der Waals surface area contributed by atoms with E-state index in [0.29, 0.717) is 23.7 Å². The molecule has 1 amide bonds. The van der Waals surface area contributed by atoms with Crippen LogP contribution in [-0.2, 0) is 17.8 Å². The Morgan fingerprint density at radius 2 is 1.84 bits per heavy atom. The number of fused-ring (bicyclic) bond motifs is 1. The molecule has 6 heteroatoms. The fraction of sp³-hybridized carbons (Fsp3) is 0.385. The minimum absolute atomic E-state index is 0.0631. The van der Waals surface area contributed by atoms with Crippen LogP contribution in [0.5, 0.6) is 5.75 Å². The van der Waals surface area contributed by atoms with Gasteiger partial charge in [-0.25, -0.2) is 4.98 Å². The Labute approximate surface area is 195 Å². The largest absolute Gasteiger partial charge is 0.494 e. The molecule has 2 aromatic carbocycles. The molecule has 0 aliphatic rings. The third-order valence-corrected chi connectivity index (χ3v) is 5.59. The van der Waals surface area contributed by atoms with Crippen molar-refractivity contribution in [2.75, 3.05) is 13.2 Å². The number of para-hydroxylation sites is 2. The van der Waals surface area contributed by atoms with E-state index in [9.17, 15) is 4.79 Å². The predicted octanol–water partition coefficient (Wildman–Crippen LogP) is 5.95. The Kier molecular flexibility index (Phi) is 9.17. The molecule has 0 unspecified atom stereocenters. The lowest BCUT2D eigenvalue weighted by Gasteiger charge is -2.10. The minimum Gasteiger partial charge on any atom is -0.494 e. The lowest BCUT2D eigenvalue weighted by atomic mass is 10.2. The number of rotatable bonds is 13. The molecule has 1 heterocycles. The van der Waals surface area contributed by atoms with Gasteiger partial charge in [0.05, 0.1) is 17.6 Å². The first kappa shape index (κ1) is 23.9. The summed E-state index contributed by atoms with van der Waals surface area (Å²) in [5, 5.41) is 3.61. The molecule has 0 atom stereocenters. The maximum atomic E-state index is 11.5. The van der Waals surface area contributed by atoms with Gasteiger partial charge >= 0.3 is 0 Å². The van der Waals surface area contributed by atoms with Gasteiger partial charge in [0, 0.05) is 30.1 Å². The van der Waals surface area contributed by atoms with Crippen LogP contribution in [-0.4, -0.2) is 28.6 Å². The van der Waals surface area contributed by atoms with Crippen LogP contribution < -0.4 is 10.1 Å². The van der Waals surface area contributed by atoms with Gasteiger partial charge in [0.1, 0.15) is 11.6 Å². The summed E-state index contributed by atoms with van der Waals surface area (Å²) in [6.07, 6.45) is 5.98. The average molecular weight is 454 g/mol. The van der Waals surface area contributed by atoms with Crippen LogP contribution in [0.3, 0.4) is 0 Å². The number of hydrogen-bond acceptors (Lipinski definition) is 3. The van der Waals surface area contributed by atoms with E-state index in [1.807, 2.05) is 30.3 Å². The number of halogens is 1. The molecule has 5 nitrogen and oxygen atoms in total.